The monoisotopic (exact) mass is 226 g/mol. The summed E-state index contributed by atoms with van der Waals surface area (Å²) in [6.45, 7) is 2.29. The van der Waals surface area contributed by atoms with E-state index in [1.54, 1.807) is 0 Å². The summed E-state index contributed by atoms with van der Waals surface area (Å²) < 4.78 is 0. The zero-order valence-electron chi connectivity index (χ0n) is 10.5. The number of hydrogen-bond acceptors (Lipinski definition) is 0. The van der Waals surface area contributed by atoms with Gasteiger partial charge in [0.05, 0.1) is 0 Å². The van der Waals surface area contributed by atoms with Gasteiger partial charge in [-0.1, -0.05) is 32.6 Å². The first-order valence-corrected chi connectivity index (χ1v) is 6.16. The van der Waals surface area contributed by atoms with Crippen molar-refractivity contribution in [1.82, 2.24) is 0 Å². The first-order chi connectivity index (χ1) is 7.43. The van der Waals surface area contributed by atoms with E-state index in [0.717, 1.165) is 5.92 Å². The van der Waals surface area contributed by atoms with E-state index in [4.69, 9.17) is 0 Å². The quantitative estimate of drug-likeness (QED) is 0.521. The second-order valence-corrected chi connectivity index (χ2v) is 4.18. The summed E-state index contributed by atoms with van der Waals surface area (Å²) in [7, 11) is 0. The molecule has 0 nitrogen and oxygen atoms in total. The average molecular weight is 227 g/mol. The van der Waals surface area contributed by atoms with Crippen molar-refractivity contribution in [3.05, 3.63) is 42.8 Å². The van der Waals surface area contributed by atoms with Crippen LogP contribution in [0.25, 0.3) is 0 Å². The fraction of sp³-hybridized carbons (Fsp3) is 0.533. The van der Waals surface area contributed by atoms with Gasteiger partial charge < -0.3 is 6.42 Å². The molecule has 0 bridgehead atoms. The van der Waals surface area contributed by atoms with Gasteiger partial charge in [0.2, 0.25) is 0 Å². The molecule has 0 heterocycles. The van der Waals surface area contributed by atoms with E-state index in [-0.39, 0.29) is 23.1 Å². The van der Waals surface area contributed by atoms with Crippen molar-refractivity contribution in [2.45, 2.75) is 45.4 Å². The molecule has 1 aliphatic carbocycles. The third kappa shape index (κ3) is 8.17. The first-order valence-electron chi connectivity index (χ1n) is 6.16. The molecule has 1 aromatic rings. The molecule has 0 spiro atoms. The number of benzene rings is 1. The third-order valence-electron chi connectivity index (χ3n) is 2.86. The van der Waals surface area contributed by atoms with Crippen LogP contribution in [0.15, 0.2) is 30.3 Å². The molecule has 1 fully saturated rings. The van der Waals surface area contributed by atoms with E-state index < -0.39 is 0 Å². The molecule has 16 heavy (non-hydrogen) atoms. The summed E-state index contributed by atoms with van der Waals surface area (Å²) in [4.78, 5) is 0. The summed E-state index contributed by atoms with van der Waals surface area (Å²) >= 11 is 0. The van der Waals surface area contributed by atoms with Gasteiger partial charge in [0, 0.05) is 0 Å². The molecule has 1 saturated carbocycles. The van der Waals surface area contributed by atoms with Gasteiger partial charge >= 0.3 is 23.1 Å². The largest absolute Gasteiger partial charge is 2.00 e. The summed E-state index contributed by atoms with van der Waals surface area (Å²) in [5, 5.41) is 0. The van der Waals surface area contributed by atoms with E-state index in [9.17, 15) is 0 Å². The molecule has 1 heteroatoms. The van der Waals surface area contributed by atoms with Crippen molar-refractivity contribution in [3.8, 4) is 0 Å². The summed E-state index contributed by atoms with van der Waals surface area (Å²) in [5.74, 6) is 1.07. The maximum absolute atomic E-state index is 2.89. The Kier molecular flexibility index (Phi) is 11.5. The normalized spacial score (nSPS) is 15.6. The first kappa shape index (κ1) is 16.0. The Morgan fingerprint density at radius 1 is 1.12 bits per heavy atom. The minimum absolute atomic E-state index is 0. The topological polar surface area (TPSA) is 0 Å². The van der Waals surface area contributed by atoms with Crippen LogP contribution in [-0.4, -0.2) is 23.1 Å². The SMILES string of the molecule is CCCC1CC[CH-]CC1.[Mg+2].[c-]1ccccc1. The maximum Gasteiger partial charge on any atom is 2.00 e. The van der Waals surface area contributed by atoms with Crippen LogP contribution in [0.4, 0.5) is 0 Å². The Morgan fingerprint density at radius 2 is 1.75 bits per heavy atom. The Labute approximate surface area is 117 Å². The van der Waals surface area contributed by atoms with Crippen LogP contribution >= 0.6 is 0 Å². The van der Waals surface area contributed by atoms with Crippen LogP contribution in [0.1, 0.15) is 45.4 Å². The predicted octanol–water partition coefficient (Wildman–Crippen LogP) is 4.29. The fourth-order valence-corrected chi connectivity index (χ4v) is 2.03. The predicted molar refractivity (Wildman–Crippen MR) is 72.2 cm³/mol. The van der Waals surface area contributed by atoms with Gasteiger partial charge in [0.1, 0.15) is 0 Å². The van der Waals surface area contributed by atoms with Crippen molar-refractivity contribution < 1.29 is 0 Å². The smallest absolute Gasteiger partial charge is 0.328 e. The molecule has 0 amide bonds. The Bertz CT molecular complexity index is 185. The minimum Gasteiger partial charge on any atom is -0.328 e. The second kappa shape index (κ2) is 11.5. The van der Waals surface area contributed by atoms with E-state index in [1.807, 2.05) is 30.3 Å². The standard InChI is InChI=1S/C9H17.C6H5.Mg/c1-2-6-9-7-4-3-5-8-9;1-2-4-6-5-3-1;/h3,9H,2,4-8H2,1H3;1-5H;/q2*-1;+2. The van der Waals surface area contributed by atoms with Crippen molar-refractivity contribution in [1.29, 1.82) is 0 Å². The van der Waals surface area contributed by atoms with Crippen LogP contribution in [0.5, 0.6) is 0 Å². The van der Waals surface area contributed by atoms with Crippen molar-refractivity contribution in [2.75, 3.05) is 0 Å². The summed E-state index contributed by atoms with van der Waals surface area (Å²) in [5.41, 5.74) is 0. The molecule has 0 atom stereocenters. The van der Waals surface area contributed by atoms with Crippen LogP contribution < -0.4 is 0 Å². The van der Waals surface area contributed by atoms with E-state index in [1.165, 1.54) is 38.5 Å². The minimum atomic E-state index is 0. The van der Waals surface area contributed by atoms with Gasteiger partial charge in [-0.15, -0.1) is 0 Å². The molecule has 0 N–H and O–H groups in total. The van der Waals surface area contributed by atoms with Crippen LogP contribution in [-0.2, 0) is 0 Å². The molecule has 0 aromatic heterocycles. The Balaban J connectivity index is 0.000000283. The van der Waals surface area contributed by atoms with Crippen molar-refractivity contribution in [3.63, 3.8) is 0 Å². The van der Waals surface area contributed by atoms with Gasteiger partial charge in [0.25, 0.3) is 0 Å². The molecule has 1 aliphatic rings. The van der Waals surface area contributed by atoms with Crippen LogP contribution in [0.2, 0.25) is 0 Å². The Morgan fingerprint density at radius 3 is 2.12 bits per heavy atom. The van der Waals surface area contributed by atoms with Crippen LogP contribution in [0, 0.1) is 18.4 Å². The van der Waals surface area contributed by atoms with Crippen LogP contribution in [0.3, 0.4) is 0 Å². The van der Waals surface area contributed by atoms with E-state index >= 15 is 0 Å². The molecular formula is C15H22Mg. The number of rotatable bonds is 2. The van der Waals surface area contributed by atoms with Gasteiger partial charge in [-0.2, -0.15) is 49.2 Å². The molecular weight excluding hydrogens is 204 g/mol. The fourth-order valence-electron chi connectivity index (χ4n) is 2.03. The molecule has 2 rings (SSSR count). The molecule has 0 unspecified atom stereocenters. The zero-order valence-corrected chi connectivity index (χ0v) is 11.9. The van der Waals surface area contributed by atoms with Gasteiger partial charge in [0.15, 0.2) is 0 Å². The molecule has 84 valence electrons. The molecule has 1 aromatic carbocycles. The van der Waals surface area contributed by atoms with Gasteiger partial charge in [-0.3, -0.25) is 0 Å². The summed E-state index contributed by atoms with van der Waals surface area (Å²) in [6, 6.07) is 12.5. The molecule has 0 aliphatic heterocycles. The summed E-state index contributed by atoms with van der Waals surface area (Å²) in [6.07, 6.45) is 11.0. The Hall–Kier alpha value is -0.0138. The van der Waals surface area contributed by atoms with Crippen molar-refractivity contribution >= 4 is 23.1 Å². The number of hydrogen-bond donors (Lipinski definition) is 0. The second-order valence-electron chi connectivity index (χ2n) is 4.18. The molecule has 0 radical (unpaired) electrons. The third-order valence-corrected chi connectivity index (χ3v) is 2.86. The molecule has 0 saturated heterocycles. The zero-order chi connectivity index (χ0) is 10.8. The van der Waals surface area contributed by atoms with Crippen molar-refractivity contribution in [2.24, 2.45) is 5.92 Å². The van der Waals surface area contributed by atoms with E-state index in [0.29, 0.717) is 0 Å². The van der Waals surface area contributed by atoms with E-state index in [2.05, 4.69) is 19.4 Å². The van der Waals surface area contributed by atoms with Gasteiger partial charge in [-0.25, -0.2) is 0 Å². The maximum atomic E-state index is 2.89. The van der Waals surface area contributed by atoms with Gasteiger partial charge in [-0.05, 0) is 5.92 Å². The average Bonchev–Trinajstić information content (AvgIpc) is 2.34.